The summed E-state index contributed by atoms with van der Waals surface area (Å²) in [6.07, 6.45) is 0.779. The molecule has 20 heavy (non-hydrogen) atoms. The SMILES string of the molecule is CN1CCCN(S(=O)(=O)c2c(N)cc(Cl)cc2Cl)CC1. The fourth-order valence-electron chi connectivity index (χ4n) is 2.24. The van der Waals surface area contributed by atoms with E-state index in [2.05, 4.69) is 4.90 Å². The summed E-state index contributed by atoms with van der Waals surface area (Å²) < 4.78 is 26.8. The fourth-order valence-corrected chi connectivity index (χ4v) is 4.66. The molecule has 0 unspecified atom stereocenters. The fraction of sp³-hybridized carbons (Fsp3) is 0.500. The number of hydrogen-bond acceptors (Lipinski definition) is 4. The van der Waals surface area contributed by atoms with E-state index in [4.69, 9.17) is 28.9 Å². The first-order valence-corrected chi connectivity index (χ1v) is 8.45. The molecular weight excluding hydrogens is 321 g/mol. The van der Waals surface area contributed by atoms with Gasteiger partial charge in [0.1, 0.15) is 4.90 Å². The third-order valence-corrected chi connectivity index (χ3v) is 5.96. The number of rotatable bonds is 2. The van der Waals surface area contributed by atoms with Crippen LogP contribution in [0.4, 0.5) is 5.69 Å². The van der Waals surface area contributed by atoms with Gasteiger partial charge in [-0.3, -0.25) is 0 Å². The van der Waals surface area contributed by atoms with E-state index in [1.807, 2.05) is 7.05 Å². The molecule has 1 heterocycles. The number of sulfonamides is 1. The van der Waals surface area contributed by atoms with Crippen LogP contribution in [0.1, 0.15) is 6.42 Å². The standard InChI is InChI=1S/C12H17Cl2N3O2S/c1-16-3-2-4-17(6-5-16)20(18,19)12-10(14)7-9(13)8-11(12)15/h7-8H,2-6,15H2,1H3. The highest BCUT2D eigenvalue weighted by atomic mass is 35.5. The molecular formula is C12H17Cl2N3O2S. The van der Waals surface area contributed by atoms with Gasteiger partial charge >= 0.3 is 0 Å². The number of likely N-dealkylation sites (N-methyl/N-ethyl adjacent to an activating group) is 1. The van der Waals surface area contributed by atoms with Crippen LogP contribution in [0.3, 0.4) is 0 Å². The number of nitrogens with zero attached hydrogens (tertiary/aromatic N) is 2. The highest BCUT2D eigenvalue weighted by Crippen LogP contribution is 2.33. The van der Waals surface area contributed by atoms with Gasteiger partial charge in [-0.2, -0.15) is 4.31 Å². The molecule has 1 aromatic carbocycles. The summed E-state index contributed by atoms with van der Waals surface area (Å²) in [5, 5.41) is 0.384. The van der Waals surface area contributed by atoms with Crippen LogP contribution in [0, 0.1) is 0 Å². The Morgan fingerprint density at radius 1 is 1.15 bits per heavy atom. The summed E-state index contributed by atoms with van der Waals surface area (Å²) in [5.74, 6) is 0. The number of nitrogen functional groups attached to an aromatic ring is 1. The summed E-state index contributed by atoms with van der Waals surface area (Å²) >= 11 is 11.9. The van der Waals surface area contributed by atoms with Crippen molar-refractivity contribution < 1.29 is 8.42 Å². The minimum Gasteiger partial charge on any atom is -0.398 e. The highest BCUT2D eigenvalue weighted by Gasteiger charge is 2.30. The molecule has 0 atom stereocenters. The molecule has 0 amide bonds. The van der Waals surface area contributed by atoms with Crippen molar-refractivity contribution in [2.45, 2.75) is 11.3 Å². The van der Waals surface area contributed by atoms with Crippen LogP contribution in [0.15, 0.2) is 17.0 Å². The first kappa shape index (κ1) is 15.9. The maximum absolute atomic E-state index is 12.7. The predicted molar refractivity (Wildman–Crippen MR) is 81.7 cm³/mol. The number of halogens is 2. The molecule has 5 nitrogen and oxygen atoms in total. The van der Waals surface area contributed by atoms with E-state index in [0.717, 1.165) is 13.0 Å². The Balaban J connectivity index is 2.40. The maximum Gasteiger partial charge on any atom is 0.246 e. The van der Waals surface area contributed by atoms with Gasteiger partial charge in [0.25, 0.3) is 0 Å². The smallest absolute Gasteiger partial charge is 0.246 e. The Hall–Kier alpha value is -0.530. The maximum atomic E-state index is 12.7. The molecule has 1 aliphatic heterocycles. The highest BCUT2D eigenvalue weighted by molar-refractivity contribution is 7.89. The van der Waals surface area contributed by atoms with Crippen molar-refractivity contribution in [1.29, 1.82) is 0 Å². The summed E-state index contributed by atoms with van der Waals surface area (Å²) in [5.41, 5.74) is 5.88. The van der Waals surface area contributed by atoms with Gasteiger partial charge < -0.3 is 10.6 Å². The molecule has 1 fully saturated rings. The Morgan fingerprint density at radius 3 is 2.50 bits per heavy atom. The molecule has 0 saturated carbocycles. The first-order chi connectivity index (χ1) is 9.32. The molecule has 8 heteroatoms. The molecule has 0 radical (unpaired) electrons. The molecule has 1 saturated heterocycles. The minimum absolute atomic E-state index is 0.0480. The van der Waals surface area contributed by atoms with Crippen molar-refractivity contribution in [1.82, 2.24) is 9.21 Å². The molecule has 2 N–H and O–H groups in total. The van der Waals surface area contributed by atoms with E-state index < -0.39 is 10.0 Å². The summed E-state index contributed by atoms with van der Waals surface area (Å²) in [6, 6.07) is 2.81. The second kappa shape index (κ2) is 6.07. The number of nitrogens with two attached hydrogens (primary N) is 1. The molecule has 0 spiro atoms. The Bertz CT molecular complexity index is 584. The van der Waals surface area contributed by atoms with Gasteiger partial charge in [-0.05, 0) is 32.1 Å². The average Bonchev–Trinajstić information content (AvgIpc) is 2.52. The van der Waals surface area contributed by atoms with Crippen LogP contribution in [0.25, 0.3) is 0 Å². The van der Waals surface area contributed by atoms with E-state index >= 15 is 0 Å². The molecule has 0 aliphatic carbocycles. The lowest BCUT2D eigenvalue weighted by Crippen LogP contribution is -2.35. The van der Waals surface area contributed by atoms with E-state index in [1.54, 1.807) is 0 Å². The van der Waals surface area contributed by atoms with Gasteiger partial charge in [0.05, 0.1) is 10.7 Å². The normalized spacial score (nSPS) is 18.9. The topological polar surface area (TPSA) is 66.6 Å². The van der Waals surface area contributed by atoms with E-state index in [9.17, 15) is 8.42 Å². The summed E-state index contributed by atoms with van der Waals surface area (Å²) in [6.45, 7) is 2.45. The number of hydrogen-bond donors (Lipinski definition) is 1. The molecule has 112 valence electrons. The van der Waals surface area contributed by atoms with Gasteiger partial charge in [-0.1, -0.05) is 23.2 Å². The minimum atomic E-state index is -3.70. The lowest BCUT2D eigenvalue weighted by molar-refractivity contribution is 0.347. The summed E-state index contributed by atoms with van der Waals surface area (Å²) in [4.78, 5) is 2.05. The largest absolute Gasteiger partial charge is 0.398 e. The van der Waals surface area contributed by atoms with E-state index in [1.165, 1.54) is 16.4 Å². The van der Waals surface area contributed by atoms with Gasteiger partial charge in [0, 0.05) is 24.7 Å². The monoisotopic (exact) mass is 337 g/mol. The van der Waals surface area contributed by atoms with Crippen LogP contribution in [-0.4, -0.2) is 50.8 Å². The number of benzene rings is 1. The second-order valence-corrected chi connectivity index (χ2v) is 7.59. The van der Waals surface area contributed by atoms with Crippen molar-refractivity contribution in [2.24, 2.45) is 0 Å². The van der Waals surface area contributed by atoms with Crippen LogP contribution in [0.5, 0.6) is 0 Å². The second-order valence-electron chi connectivity index (χ2n) is 4.87. The summed E-state index contributed by atoms with van der Waals surface area (Å²) in [7, 11) is -1.72. The average molecular weight is 338 g/mol. The molecule has 2 rings (SSSR count). The van der Waals surface area contributed by atoms with Crippen LogP contribution in [0.2, 0.25) is 10.0 Å². The third kappa shape index (κ3) is 3.20. The third-order valence-electron chi connectivity index (χ3n) is 3.31. The van der Waals surface area contributed by atoms with Gasteiger partial charge in [0.2, 0.25) is 10.0 Å². The first-order valence-electron chi connectivity index (χ1n) is 6.25. The number of anilines is 1. The zero-order valence-corrected chi connectivity index (χ0v) is 13.5. The van der Waals surface area contributed by atoms with Crippen LogP contribution < -0.4 is 5.73 Å². The molecule has 1 aliphatic rings. The van der Waals surface area contributed by atoms with Crippen LogP contribution >= 0.6 is 23.2 Å². The van der Waals surface area contributed by atoms with Crippen molar-refractivity contribution >= 4 is 38.9 Å². The van der Waals surface area contributed by atoms with Crippen LogP contribution in [-0.2, 0) is 10.0 Å². The quantitative estimate of drug-likeness (QED) is 0.837. The van der Waals surface area contributed by atoms with Crippen molar-refractivity contribution in [3.8, 4) is 0 Å². The molecule has 0 bridgehead atoms. The lowest BCUT2D eigenvalue weighted by Gasteiger charge is -2.21. The zero-order chi connectivity index (χ0) is 14.9. The molecule has 1 aromatic rings. The van der Waals surface area contributed by atoms with E-state index in [0.29, 0.717) is 24.7 Å². The van der Waals surface area contributed by atoms with Crippen molar-refractivity contribution in [2.75, 3.05) is 39.0 Å². The van der Waals surface area contributed by atoms with E-state index in [-0.39, 0.29) is 15.6 Å². The van der Waals surface area contributed by atoms with Crippen molar-refractivity contribution in [3.05, 3.63) is 22.2 Å². The van der Waals surface area contributed by atoms with Gasteiger partial charge in [-0.15, -0.1) is 0 Å². The van der Waals surface area contributed by atoms with Gasteiger partial charge in [-0.25, -0.2) is 8.42 Å². The van der Waals surface area contributed by atoms with Gasteiger partial charge in [0.15, 0.2) is 0 Å². The zero-order valence-electron chi connectivity index (χ0n) is 11.1. The Kier molecular flexibility index (Phi) is 4.81. The lowest BCUT2D eigenvalue weighted by atomic mass is 10.3. The molecule has 0 aromatic heterocycles. The predicted octanol–water partition coefficient (Wildman–Crippen LogP) is 1.90. The van der Waals surface area contributed by atoms with Crippen molar-refractivity contribution in [3.63, 3.8) is 0 Å². The Morgan fingerprint density at radius 2 is 1.85 bits per heavy atom. The Labute approximate surface area is 129 Å².